The molecule has 1 aromatic heterocycles. The van der Waals surface area contributed by atoms with Gasteiger partial charge in [0.1, 0.15) is 5.02 Å². The molecule has 3 aromatic rings. The van der Waals surface area contributed by atoms with E-state index in [1.807, 2.05) is 11.0 Å². The van der Waals surface area contributed by atoms with Crippen molar-refractivity contribution >= 4 is 23.2 Å². The lowest BCUT2D eigenvalue weighted by Crippen LogP contribution is -2.49. The molecule has 0 atom stereocenters. The molecule has 166 valence electrons. The van der Waals surface area contributed by atoms with Gasteiger partial charge in [0.25, 0.3) is 11.5 Å². The van der Waals surface area contributed by atoms with Crippen molar-refractivity contribution in [1.82, 2.24) is 14.7 Å². The standard InChI is InChI=1S/C22H18ClF3N4O2/c23-19-18(14-27-30(21(19)32)17-7-2-1-3-8-17)28-9-11-29(12-10-28)20(31)15-5-4-6-16(13-15)22(24,25)26/h1-8,13-14H,9-12H2. The molecule has 0 unspecified atom stereocenters. The van der Waals surface area contributed by atoms with E-state index in [1.54, 1.807) is 24.3 Å². The Kier molecular flexibility index (Phi) is 5.92. The summed E-state index contributed by atoms with van der Waals surface area (Å²) in [4.78, 5) is 28.7. The summed E-state index contributed by atoms with van der Waals surface area (Å²) in [5.41, 5.74) is -0.299. The van der Waals surface area contributed by atoms with E-state index in [2.05, 4.69) is 5.10 Å². The average molecular weight is 463 g/mol. The summed E-state index contributed by atoms with van der Waals surface area (Å²) >= 11 is 6.33. The highest BCUT2D eigenvalue weighted by molar-refractivity contribution is 6.33. The van der Waals surface area contributed by atoms with Crippen LogP contribution in [0.2, 0.25) is 5.02 Å². The fourth-order valence-electron chi connectivity index (χ4n) is 3.56. The van der Waals surface area contributed by atoms with Crippen LogP contribution in [0.5, 0.6) is 0 Å². The average Bonchev–Trinajstić information content (AvgIpc) is 2.80. The second-order valence-corrected chi connectivity index (χ2v) is 7.63. The topological polar surface area (TPSA) is 58.4 Å². The zero-order chi connectivity index (χ0) is 22.9. The zero-order valence-electron chi connectivity index (χ0n) is 16.7. The van der Waals surface area contributed by atoms with Crippen LogP contribution in [-0.2, 0) is 6.18 Å². The van der Waals surface area contributed by atoms with Crippen LogP contribution in [0, 0.1) is 0 Å². The number of carbonyl (C=O) groups excluding carboxylic acids is 1. The van der Waals surface area contributed by atoms with Crippen LogP contribution in [0.25, 0.3) is 5.69 Å². The molecule has 0 bridgehead atoms. The van der Waals surface area contributed by atoms with Crippen molar-refractivity contribution in [3.05, 3.63) is 87.3 Å². The lowest BCUT2D eigenvalue weighted by molar-refractivity contribution is -0.137. The molecule has 6 nitrogen and oxygen atoms in total. The quantitative estimate of drug-likeness (QED) is 0.593. The molecule has 1 aliphatic rings. The molecule has 1 amide bonds. The molecule has 1 aliphatic heterocycles. The third-order valence-corrected chi connectivity index (χ3v) is 5.60. The highest BCUT2D eigenvalue weighted by Gasteiger charge is 2.32. The third-order valence-electron chi connectivity index (χ3n) is 5.25. The molecule has 1 saturated heterocycles. The first-order valence-electron chi connectivity index (χ1n) is 9.80. The number of anilines is 1. The number of benzene rings is 2. The number of carbonyl (C=O) groups is 1. The van der Waals surface area contributed by atoms with Gasteiger partial charge in [-0.15, -0.1) is 0 Å². The normalized spacial score (nSPS) is 14.5. The van der Waals surface area contributed by atoms with Gasteiger partial charge in [0, 0.05) is 31.7 Å². The van der Waals surface area contributed by atoms with E-state index in [1.165, 1.54) is 27.9 Å². The number of rotatable bonds is 3. The maximum atomic E-state index is 12.9. The number of alkyl halides is 3. The zero-order valence-corrected chi connectivity index (χ0v) is 17.5. The number of nitrogens with zero attached hydrogens (tertiary/aromatic N) is 4. The highest BCUT2D eigenvalue weighted by Crippen LogP contribution is 2.30. The van der Waals surface area contributed by atoms with E-state index >= 15 is 0 Å². The van der Waals surface area contributed by atoms with Crippen LogP contribution in [0.4, 0.5) is 18.9 Å². The molecular formula is C22H18ClF3N4O2. The molecule has 4 rings (SSSR count). The Bertz CT molecular complexity index is 1190. The maximum Gasteiger partial charge on any atom is 0.416 e. The van der Waals surface area contributed by atoms with E-state index in [4.69, 9.17) is 11.6 Å². The highest BCUT2D eigenvalue weighted by atomic mass is 35.5. The first kappa shape index (κ1) is 21.9. The van der Waals surface area contributed by atoms with Gasteiger partial charge < -0.3 is 9.80 Å². The molecular weight excluding hydrogens is 445 g/mol. The molecule has 0 spiro atoms. The number of hydrogen-bond acceptors (Lipinski definition) is 4. The van der Waals surface area contributed by atoms with Crippen LogP contribution < -0.4 is 10.5 Å². The predicted octanol–water partition coefficient (Wildman–Crippen LogP) is 3.87. The Morgan fingerprint density at radius 3 is 2.31 bits per heavy atom. The fraction of sp³-hybridized carbons (Fsp3) is 0.227. The summed E-state index contributed by atoms with van der Waals surface area (Å²) in [5, 5.41) is 4.23. The van der Waals surface area contributed by atoms with E-state index < -0.39 is 23.2 Å². The fourth-order valence-corrected chi connectivity index (χ4v) is 3.81. The predicted molar refractivity (Wildman–Crippen MR) is 114 cm³/mol. The minimum Gasteiger partial charge on any atom is -0.365 e. The van der Waals surface area contributed by atoms with Crippen LogP contribution in [0.1, 0.15) is 15.9 Å². The van der Waals surface area contributed by atoms with Crippen molar-refractivity contribution in [3.63, 3.8) is 0 Å². The summed E-state index contributed by atoms with van der Waals surface area (Å²) in [7, 11) is 0. The molecule has 0 aliphatic carbocycles. The van der Waals surface area contributed by atoms with Gasteiger partial charge in [0.05, 0.1) is 23.1 Å². The van der Waals surface area contributed by atoms with E-state index in [-0.39, 0.29) is 23.7 Å². The Labute approximate surface area is 186 Å². The van der Waals surface area contributed by atoms with Crippen LogP contribution >= 0.6 is 11.6 Å². The van der Waals surface area contributed by atoms with Gasteiger partial charge in [-0.25, -0.2) is 0 Å². The van der Waals surface area contributed by atoms with Crippen LogP contribution in [-0.4, -0.2) is 46.8 Å². The van der Waals surface area contributed by atoms with Gasteiger partial charge in [-0.2, -0.15) is 23.0 Å². The lowest BCUT2D eigenvalue weighted by Gasteiger charge is -2.36. The van der Waals surface area contributed by atoms with Crippen molar-refractivity contribution in [2.45, 2.75) is 6.18 Å². The van der Waals surface area contributed by atoms with Gasteiger partial charge >= 0.3 is 6.18 Å². The van der Waals surface area contributed by atoms with Gasteiger partial charge in [-0.1, -0.05) is 35.9 Å². The van der Waals surface area contributed by atoms with Crippen molar-refractivity contribution < 1.29 is 18.0 Å². The van der Waals surface area contributed by atoms with Crippen molar-refractivity contribution in [1.29, 1.82) is 0 Å². The van der Waals surface area contributed by atoms with E-state index in [0.717, 1.165) is 12.1 Å². The lowest BCUT2D eigenvalue weighted by atomic mass is 10.1. The van der Waals surface area contributed by atoms with Crippen LogP contribution in [0.15, 0.2) is 65.6 Å². The summed E-state index contributed by atoms with van der Waals surface area (Å²) in [6.07, 6.45) is -3.01. The molecule has 0 radical (unpaired) electrons. The van der Waals surface area contributed by atoms with Crippen molar-refractivity contribution in [2.75, 3.05) is 31.1 Å². The van der Waals surface area contributed by atoms with Crippen LogP contribution in [0.3, 0.4) is 0 Å². The Morgan fingerprint density at radius 1 is 0.969 bits per heavy atom. The first-order valence-corrected chi connectivity index (χ1v) is 10.2. The second-order valence-electron chi connectivity index (χ2n) is 7.25. The van der Waals surface area contributed by atoms with Gasteiger partial charge in [-0.3, -0.25) is 9.59 Å². The molecule has 1 fully saturated rings. The SMILES string of the molecule is O=C(c1cccc(C(F)(F)F)c1)N1CCN(c2cnn(-c3ccccc3)c(=O)c2Cl)CC1. The maximum absolute atomic E-state index is 12.9. The molecule has 0 saturated carbocycles. The molecule has 0 N–H and O–H groups in total. The molecule has 2 aromatic carbocycles. The van der Waals surface area contributed by atoms with E-state index in [9.17, 15) is 22.8 Å². The molecule has 10 heteroatoms. The third kappa shape index (κ3) is 4.34. The summed E-state index contributed by atoms with van der Waals surface area (Å²) in [6, 6.07) is 13.3. The monoisotopic (exact) mass is 462 g/mol. The number of piperazine rings is 1. The van der Waals surface area contributed by atoms with Gasteiger partial charge in [-0.05, 0) is 30.3 Å². The minimum absolute atomic E-state index is 0.0153. The molecule has 2 heterocycles. The summed E-state index contributed by atoms with van der Waals surface area (Å²) < 4.78 is 40.0. The second kappa shape index (κ2) is 8.66. The number of aromatic nitrogens is 2. The number of halogens is 4. The summed E-state index contributed by atoms with van der Waals surface area (Å²) in [5.74, 6) is -0.473. The Balaban J connectivity index is 1.48. The largest absolute Gasteiger partial charge is 0.416 e. The number of amides is 1. The number of hydrogen-bond donors (Lipinski definition) is 0. The van der Waals surface area contributed by atoms with Crippen molar-refractivity contribution in [2.24, 2.45) is 0 Å². The Hall–Kier alpha value is -3.33. The van der Waals surface area contributed by atoms with Gasteiger partial charge in [0.15, 0.2) is 0 Å². The van der Waals surface area contributed by atoms with Crippen molar-refractivity contribution in [3.8, 4) is 5.69 Å². The molecule has 32 heavy (non-hydrogen) atoms. The van der Waals surface area contributed by atoms with E-state index in [0.29, 0.717) is 24.5 Å². The van der Waals surface area contributed by atoms with Gasteiger partial charge in [0.2, 0.25) is 0 Å². The minimum atomic E-state index is -4.52. The number of para-hydroxylation sites is 1. The first-order chi connectivity index (χ1) is 15.3. The Morgan fingerprint density at radius 2 is 1.66 bits per heavy atom. The summed E-state index contributed by atoms with van der Waals surface area (Å²) in [6.45, 7) is 1.27. The smallest absolute Gasteiger partial charge is 0.365 e.